The van der Waals surface area contributed by atoms with Crippen molar-refractivity contribution < 1.29 is 0 Å². The van der Waals surface area contributed by atoms with Crippen molar-refractivity contribution in [3.05, 3.63) is 0 Å². The Kier molecular flexibility index (Phi) is 6.16. The lowest BCUT2D eigenvalue weighted by Gasteiger charge is -2.35. The fourth-order valence-electron chi connectivity index (χ4n) is 3.12. The largest absolute Gasteiger partial charge is 0.320 e. The standard InChI is InChI=1S/C14H28N2S/c1-15-7-4-13-5-8-16(9-6-13)11-14-3-2-10-17-12-14/h13-15H,2-12H2,1H3. The summed E-state index contributed by atoms with van der Waals surface area (Å²) in [5.41, 5.74) is 0. The highest BCUT2D eigenvalue weighted by Gasteiger charge is 2.22. The van der Waals surface area contributed by atoms with Gasteiger partial charge in [0.1, 0.15) is 0 Å². The second-order valence-corrected chi connectivity index (χ2v) is 6.87. The molecule has 1 atom stereocenters. The number of hydrogen-bond acceptors (Lipinski definition) is 3. The number of piperidine rings is 1. The van der Waals surface area contributed by atoms with Crippen molar-refractivity contribution in [3.63, 3.8) is 0 Å². The predicted molar refractivity (Wildman–Crippen MR) is 77.8 cm³/mol. The van der Waals surface area contributed by atoms with Crippen molar-refractivity contribution in [3.8, 4) is 0 Å². The molecule has 0 aromatic rings. The first-order valence-corrected chi connectivity index (χ1v) is 8.48. The van der Waals surface area contributed by atoms with Gasteiger partial charge in [0.2, 0.25) is 0 Å². The first kappa shape index (κ1) is 13.7. The van der Waals surface area contributed by atoms with E-state index in [9.17, 15) is 0 Å². The summed E-state index contributed by atoms with van der Waals surface area (Å²) in [5, 5.41) is 3.28. The van der Waals surface area contributed by atoms with Gasteiger partial charge >= 0.3 is 0 Å². The van der Waals surface area contributed by atoms with Gasteiger partial charge in [0.15, 0.2) is 0 Å². The molecule has 0 spiro atoms. The van der Waals surface area contributed by atoms with E-state index in [1.807, 2.05) is 0 Å². The Morgan fingerprint density at radius 2 is 2.00 bits per heavy atom. The van der Waals surface area contributed by atoms with Gasteiger partial charge in [-0.15, -0.1) is 0 Å². The Morgan fingerprint density at radius 1 is 1.18 bits per heavy atom. The lowest BCUT2D eigenvalue weighted by molar-refractivity contribution is 0.158. The topological polar surface area (TPSA) is 15.3 Å². The number of nitrogens with one attached hydrogen (secondary N) is 1. The Balaban J connectivity index is 1.61. The molecule has 0 saturated carbocycles. The fraction of sp³-hybridized carbons (Fsp3) is 1.00. The maximum Gasteiger partial charge on any atom is 0.00176 e. The van der Waals surface area contributed by atoms with Crippen LogP contribution in [-0.4, -0.2) is 49.6 Å². The van der Waals surface area contributed by atoms with Crippen LogP contribution in [0.4, 0.5) is 0 Å². The Morgan fingerprint density at radius 3 is 2.65 bits per heavy atom. The monoisotopic (exact) mass is 256 g/mol. The first-order valence-electron chi connectivity index (χ1n) is 7.33. The van der Waals surface area contributed by atoms with Gasteiger partial charge in [-0.05, 0) is 82.1 Å². The summed E-state index contributed by atoms with van der Waals surface area (Å²) in [6.07, 6.45) is 7.17. The summed E-state index contributed by atoms with van der Waals surface area (Å²) in [6, 6.07) is 0. The van der Waals surface area contributed by atoms with Crippen molar-refractivity contribution in [1.82, 2.24) is 10.2 Å². The lowest BCUT2D eigenvalue weighted by atomic mass is 9.92. The van der Waals surface area contributed by atoms with Crippen LogP contribution in [0.1, 0.15) is 32.1 Å². The number of likely N-dealkylation sites (tertiary alicyclic amines) is 1. The molecule has 0 radical (unpaired) electrons. The third kappa shape index (κ3) is 4.80. The van der Waals surface area contributed by atoms with Crippen LogP contribution >= 0.6 is 11.8 Å². The van der Waals surface area contributed by atoms with E-state index in [0.29, 0.717) is 0 Å². The van der Waals surface area contributed by atoms with E-state index in [0.717, 1.165) is 11.8 Å². The van der Waals surface area contributed by atoms with Gasteiger partial charge in [-0.25, -0.2) is 0 Å². The molecular weight excluding hydrogens is 228 g/mol. The minimum absolute atomic E-state index is 0.986. The quantitative estimate of drug-likeness (QED) is 0.813. The van der Waals surface area contributed by atoms with Crippen molar-refractivity contribution in [2.45, 2.75) is 32.1 Å². The lowest BCUT2D eigenvalue weighted by Crippen LogP contribution is -2.38. The van der Waals surface area contributed by atoms with Gasteiger partial charge in [0.05, 0.1) is 0 Å². The van der Waals surface area contributed by atoms with Crippen LogP contribution in [0.3, 0.4) is 0 Å². The summed E-state index contributed by atoms with van der Waals surface area (Å²) >= 11 is 2.17. The molecule has 0 aliphatic carbocycles. The van der Waals surface area contributed by atoms with E-state index in [4.69, 9.17) is 0 Å². The van der Waals surface area contributed by atoms with Gasteiger partial charge in [-0.2, -0.15) is 11.8 Å². The highest BCUT2D eigenvalue weighted by atomic mass is 32.2. The average Bonchev–Trinajstić information content (AvgIpc) is 2.39. The van der Waals surface area contributed by atoms with Crippen LogP contribution in [0.25, 0.3) is 0 Å². The number of hydrogen-bond donors (Lipinski definition) is 1. The molecule has 1 N–H and O–H groups in total. The number of thioether (sulfide) groups is 1. The predicted octanol–water partition coefficient (Wildman–Crippen LogP) is 2.45. The van der Waals surface area contributed by atoms with Gasteiger partial charge < -0.3 is 10.2 Å². The third-order valence-electron chi connectivity index (χ3n) is 4.28. The molecule has 2 aliphatic rings. The maximum absolute atomic E-state index is 3.28. The van der Waals surface area contributed by atoms with Crippen LogP contribution in [0.5, 0.6) is 0 Å². The fourth-order valence-corrected chi connectivity index (χ4v) is 4.27. The van der Waals surface area contributed by atoms with E-state index in [-0.39, 0.29) is 0 Å². The van der Waals surface area contributed by atoms with E-state index >= 15 is 0 Å². The number of rotatable bonds is 5. The molecule has 0 aromatic heterocycles. The molecule has 2 fully saturated rings. The molecule has 0 bridgehead atoms. The molecule has 100 valence electrons. The summed E-state index contributed by atoms with van der Waals surface area (Å²) in [4.78, 5) is 2.73. The second-order valence-electron chi connectivity index (χ2n) is 5.72. The Labute approximate surface area is 111 Å². The van der Waals surface area contributed by atoms with Crippen LogP contribution in [-0.2, 0) is 0 Å². The highest BCUT2D eigenvalue weighted by Crippen LogP contribution is 2.26. The van der Waals surface area contributed by atoms with Crippen LogP contribution in [0.15, 0.2) is 0 Å². The minimum Gasteiger partial charge on any atom is -0.320 e. The van der Waals surface area contributed by atoms with Crippen LogP contribution < -0.4 is 5.32 Å². The van der Waals surface area contributed by atoms with Crippen LogP contribution in [0.2, 0.25) is 0 Å². The minimum atomic E-state index is 0.986. The SMILES string of the molecule is CNCCC1CCN(CC2CCCSC2)CC1. The summed E-state index contributed by atoms with van der Waals surface area (Å²) < 4.78 is 0. The molecular formula is C14H28N2S. The molecule has 2 nitrogen and oxygen atoms in total. The smallest absolute Gasteiger partial charge is 0.00176 e. The summed E-state index contributed by atoms with van der Waals surface area (Å²) in [5.74, 6) is 4.80. The Bertz CT molecular complexity index is 196. The normalized spacial score (nSPS) is 28.4. The summed E-state index contributed by atoms with van der Waals surface area (Å²) in [6.45, 7) is 5.29. The van der Waals surface area contributed by atoms with Crippen molar-refractivity contribution >= 4 is 11.8 Å². The van der Waals surface area contributed by atoms with Crippen molar-refractivity contribution in [2.75, 3.05) is 44.7 Å². The molecule has 2 rings (SSSR count). The molecule has 2 heterocycles. The number of nitrogens with zero attached hydrogens (tertiary/aromatic N) is 1. The molecule has 0 amide bonds. The Hall–Kier alpha value is 0.270. The van der Waals surface area contributed by atoms with Gasteiger partial charge in [-0.1, -0.05) is 0 Å². The zero-order valence-corrected chi connectivity index (χ0v) is 12.1. The molecule has 17 heavy (non-hydrogen) atoms. The molecule has 1 unspecified atom stereocenters. The molecule has 2 saturated heterocycles. The summed E-state index contributed by atoms with van der Waals surface area (Å²) in [7, 11) is 2.07. The van der Waals surface area contributed by atoms with E-state index in [1.54, 1.807) is 0 Å². The van der Waals surface area contributed by atoms with Gasteiger partial charge in [0.25, 0.3) is 0 Å². The molecule has 2 aliphatic heterocycles. The highest BCUT2D eigenvalue weighted by molar-refractivity contribution is 7.99. The van der Waals surface area contributed by atoms with E-state index < -0.39 is 0 Å². The average molecular weight is 256 g/mol. The zero-order valence-electron chi connectivity index (χ0n) is 11.3. The maximum atomic E-state index is 3.28. The van der Waals surface area contributed by atoms with E-state index in [2.05, 4.69) is 29.0 Å². The second kappa shape index (κ2) is 7.65. The van der Waals surface area contributed by atoms with Gasteiger partial charge in [0, 0.05) is 6.54 Å². The molecule has 3 heteroatoms. The van der Waals surface area contributed by atoms with Crippen molar-refractivity contribution in [2.24, 2.45) is 11.8 Å². The van der Waals surface area contributed by atoms with Crippen molar-refractivity contribution in [1.29, 1.82) is 0 Å². The molecule has 0 aromatic carbocycles. The third-order valence-corrected chi connectivity index (χ3v) is 5.57. The van der Waals surface area contributed by atoms with Gasteiger partial charge in [-0.3, -0.25) is 0 Å². The van der Waals surface area contributed by atoms with E-state index in [1.165, 1.54) is 69.8 Å². The zero-order chi connectivity index (χ0) is 11.9. The van der Waals surface area contributed by atoms with Crippen LogP contribution in [0, 0.1) is 11.8 Å². The first-order chi connectivity index (χ1) is 8.38.